The van der Waals surface area contributed by atoms with Crippen molar-refractivity contribution in [3.63, 3.8) is 0 Å². The van der Waals surface area contributed by atoms with Crippen molar-refractivity contribution >= 4 is 0 Å². The van der Waals surface area contributed by atoms with Crippen LogP contribution in [-0.2, 0) is 15.9 Å². The molecule has 2 unspecified atom stereocenters. The molecule has 0 saturated carbocycles. The largest absolute Gasteiger partial charge is 0.368 e. The summed E-state index contributed by atoms with van der Waals surface area (Å²) < 4.78 is 8.33. The van der Waals surface area contributed by atoms with Crippen LogP contribution in [0.1, 0.15) is 38.7 Å². The normalized spacial score (nSPS) is 29.7. The van der Waals surface area contributed by atoms with Crippen LogP contribution in [0.15, 0.2) is 43.0 Å². The Bertz CT molecular complexity index is 554. The molecule has 0 amide bonds. The highest BCUT2D eigenvalue weighted by molar-refractivity contribution is 5.28. The van der Waals surface area contributed by atoms with Crippen molar-refractivity contribution in [2.75, 3.05) is 6.61 Å². The molecule has 1 aliphatic heterocycles. The van der Waals surface area contributed by atoms with Crippen LogP contribution in [0, 0.1) is 0 Å². The zero-order valence-electron chi connectivity index (χ0n) is 12.1. The van der Waals surface area contributed by atoms with Crippen molar-refractivity contribution in [2.45, 2.75) is 44.2 Å². The SMILES string of the molecule is CCC1(c2ccccc2)OCCC1(CC)n1cncn1. The Morgan fingerprint density at radius 3 is 2.60 bits per heavy atom. The van der Waals surface area contributed by atoms with Gasteiger partial charge in [-0.1, -0.05) is 44.2 Å². The first-order chi connectivity index (χ1) is 9.79. The van der Waals surface area contributed by atoms with Gasteiger partial charge in [0, 0.05) is 0 Å². The number of rotatable bonds is 4. The van der Waals surface area contributed by atoms with Gasteiger partial charge in [0.1, 0.15) is 18.3 Å². The lowest BCUT2D eigenvalue weighted by molar-refractivity contribution is -0.0734. The zero-order valence-corrected chi connectivity index (χ0v) is 12.1. The average Bonchev–Trinajstić information content (AvgIpc) is 3.16. The fourth-order valence-electron chi connectivity index (χ4n) is 3.78. The number of ether oxygens (including phenoxy) is 1. The molecule has 2 aromatic rings. The minimum Gasteiger partial charge on any atom is -0.368 e. The average molecular weight is 271 g/mol. The molecule has 1 aliphatic rings. The van der Waals surface area contributed by atoms with E-state index in [0.717, 1.165) is 25.9 Å². The number of hydrogen-bond donors (Lipinski definition) is 0. The summed E-state index contributed by atoms with van der Waals surface area (Å²) in [5.74, 6) is 0. The van der Waals surface area contributed by atoms with Gasteiger partial charge in [-0.15, -0.1) is 0 Å². The minimum absolute atomic E-state index is 0.153. The fraction of sp³-hybridized carbons (Fsp3) is 0.500. The predicted octanol–water partition coefficient (Wildman–Crippen LogP) is 3.11. The molecule has 20 heavy (non-hydrogen) atoms. The first-order valence-electron chi connectivity index (χ1n) is 7.33. The maximum Gasteiger partial charge on any atom is 0.137 e. The monoisotopic (exact) mass is 271 g/mol. The second-order valence-electron chi connectivity index (χ2n) is 5.37. The van der Waals surface area contributed by atoms with Gasteiger partial charge in [-0.25, -0.2) is 9.67 Å². The third-order valence-electron chi connectivity index (χ3n) is 4.80. The Morgan fingerprint density at radius 2 is 2.00 bits per heavy atom. The van der Waals surface area contributed by atoms with Crippen molar-refractivity contribution in [3.8, 4) is 0 Å². The summed E-state index contributed by atoms with van der Waals surface area (Å²) in [6.45, 7) is 5.17. The van der Waals surface area contributed by atoms with Crippen LogP contribution in [0.5, 0.6) is 0 Å². The van der Waals surface area contributed by atoms with Gasteiger partial charge >= 0.3 is 0 Å². The molecule has 3 rings (SSSR count). The molecule has 106 valence electrons. The highest BCUT2D eigenvalue weighted by Gasteiger charge is 2.57. The van der Waals surface area contributed by atoms with Crippen LogP contribution in [-0.4, -0.2) is 21.4 Å². The van der Waals surface area contributed by atoms with Crippen molar-refractivity contribution in [3.05, 3.63) is 48.5 Å². The van der Waals surface area contributed by atoms with E-state index >= 15 is 0 Å². The summed E-state index contributed by atoms with van der Waals surface area (Å²) in [6.07, 6.45) is 6.30. The van der Waals surface area contributed by atoms with E-state index in [4.69, 9.17) is 4.74 Å². The first kappa shape index (κ1) is 13.3. The fourth-order valence-corrected chi connectivity index (χ4v) is 3.78. The molecule has 2 atom stereocenters. The second kappa shape index (κ2) is 5.02. The number of hydrogen-bond acceptors (Lipinski definition) is 3. The van der Waals surface area contributed by atoms with Crippen molar-refractivity contribution in [2.24, 2.45) is 0 Å². The van der Waals surface area contributed by atoms with Gasteiger partial charge in [-0.2, -0.15) is 5.10 Å². The molecule has 0 bridgehead atoms. The number of nitrogens with zero attached hydrogens (tertiary/aromatic N) is 3. The van der Waals surface area contributed by atoms with E-state index in [-0.39, 0.29) is 11.1 Å². The third kappa shape index (κ3) is 1.64. The summed E-state index contributed by atoms with van der Waals surface area (Å²) in [6, 6.07) is 10.5. The highest BCUT2D eigenvalue weighted by atomic mass is 16.5. The Kier molecular flexibility index (Phi) is 3.34. The van der Waals surface area contributed by atoms with Gasteiger partial charge in [0.05, 0.1) is 12.1 Å². The molecule has 2 heterocycles. The van der Waals surface area contributed by atoms with E-state index < -0.39 is 0 Å². The smallest absolute Gasteiger partial charge is 0.137 e. The molecule has 4 heteroatoms. The highest BCUT2D eigenvalue weighted by Crippen LogP contribution is 2.52. The quantitative estimate of drug-likeness (QED) is 0.857. The van der Waals surface area contributed by atoms with E-state index in [1.807, 2.05) is 17.1 Å². The van der Waals surface area contributed by atoms with Crippen molar-refractivity contribution < 1.29 is 4.74 Å². The summed E-state index contributed by atoms with van der Waals surface area (Å²) in [7, 11) is 0. The topological polar surface area (TPSA) is 39.9 Å². The molecule has 0 radical (unpaired) electrons. The lowest BCUT2D eigenvalue weighted by Gasteiger charge is -2.44. The Morgan fingerprint density at radius 1 is 1.20 bits per heavy atom. The molecule has 4 nitrogen and oxygen atoms in total. The predicted molar refractivity (Wildman–Crippen MR) is 77.3 cm³/mol. The van der Waals surface area contributed by atoms with Crippen LogP contribution in [0.4, 0.5) is 0 Å². The molecule has 1 fully saturated rings. The van der Waals surface area contributed by atoms with Crippen molar-refractivity contribution in [1.29, 1.82) is 0 Å². The standard InChI is InChI=1S/C16H21N3O/c1-3-15(19-13-17-12-18-19)10-11-20-16(15,4-2)14-8-6-5-7-9-14/h5-9,12-13H,3-4,10-11H2,1-2H3. The van der Waals surface area contributed by atoms with Crippen LogP contribution < -0.4 is 0 Å². The van der Waals surface area contributed by atoms with E-state index in [0.29, 0.717) is 0 Å². The lowest BCUT2D eigenvalue weighted by atomic mass is 9.71. The maximum atomic E-state index is 6.32. The molecule has 0 aliphatic carbocycles. The first-order valence-corrected chi connectivity index (χ1v) is 7.33. The van der Waals surface area contributed by atoms with Gasteiger partial charge in [0.2, 0.25) is 0 Å². The van der Waals surface area contributed by atoms with E-state index in [9.17, 15) is 0 Å². The van der Waals surface area contributed by atoms with Gasteiger partial charge < -0.3 is 4.74 Å². The van der Waals surface area contributed by atoms with Crippen LogP contribution in [0.2, 0.25) is 0 Å². The molecular weight excluding hydrogens is 250 g/mol. The van der Waals surface area contributed by atoms with Gasteiger partial charge in [-0.3, -0.25) is 0 Å². The minimum atomic E-state index is -0.323. The van der Waals surface area contributed by atoms with Gasteiger partial charge in [0.25, 0.3) is 0 Å². The van der Waals surface area contributed by atoms with Gasteiger partial charge in [0.15, 0.2) is 0 Å². The summed E-state index contributed by atoms with van der Waals surface area (Å²) in [4.78, 5) is 4.15. The summed E-state index contributed by atoms with van der Waals surface area (Å²) in [5, 5.41) is 4.44. The maximum absolute atomic E-state index is 6.32. The third-order valence-corrected chi connectivity index (χ3v) is 4.80. The van der Waals surface area contributed by atoms with E-state index in [1.54, 1.807) is 6.33 Å². The summed E-state index contributed by atoms with van der Waals surface area (Å²) in [5.41, 5.74) is 0.758. The van der Waals surface area contributed by atoms with Crippen LogP contribution in [0.3, 0.4) is 0 Å². The molecule has 0 N–H and O–H groups in total. The Labute approximate surface area is 119 Å². The number of benzene rings is 1. The molecule has 1 aromatic carbocycles. The summed E-state index contributed by atoms with van der Waals surface area (Å²) >= 11 is 0. The molecule has 0 spiro atoms. The number of aromatic nitrogens is 3. The van der Waals surface area contributed by atoms with E-state index in [1.165, 1.54) is 5.56 Å². The zero-order chi connectivity index (χ0) is 14.1. The van der Waals surface area contributed by atoms with Crippen LogP contribution >= 0.6 is 0 Å². The molecular formula is C16H21N3O. The second-order valence-corrected chi connectivity index (χ2v) is 5.37. The van der Waals surface area contributed by atoms with Gasteiger partial charge in [-0.05, 0) is 24.8 Å². The molecule has 1 aromatic heterocycles. The van der Waals surface area contributed by atoms with E-state index in [2.05, 4.69) is 48.2 Å². The van der Waals surface area contributed by atoms with Crippen LogP contribution in [0.25, 0.3) is 0 Å². The van der Waals surface area contributed by atoms with Crippen molar-refractivity contribution in [1.82, 2.24) is 14.8 Å². The molecule has 1 saturated heterocycles. The Hall–Kier alpha value is -1.68. The Balaban J connectivity index is 2.18. The lowest BCUT2D eigenvalue weighted by Crippen LogP contribution is -2.50.